The minimum Gasteiger partial charge on any atom is -0.314 e. The third-order valence-corrected chi connectivity index (χ3v) is 4.24. The van der Waals surface area contributed by atoms with Gasteiger partial charge in [-0.05, 0) is 62.5 Å². The van der Waals surface area contributed by atoms with Gasteiger partial charge < -0.3 is 5.32 Å². The minimum atomic E-state index is 0.608. The Morgan fingerprint density at radius 1 is 1.20 bits per heavy atom. The Labute approximate surface area is 99.8 Å². The summed E-state index contributed by atoms with van der Waals surface area (Å²) in [4.78, 5) is 0. The summed E-state index contributed by atoms with van der Waals surface area (Å²) >= 11 is 1.96. The van der Waals surface area contributed by atoms with E-state index >= 15 is 0 Å². The van der Waals surface area contributed by atoms with Gasteiger partial charge in [0.1, 0.15) is 0 Å². The maximum atomic E-state index is 3.71. The lowest BCUT2D eigenvalue weighted by Crippen LogP contribution is -2.36. The molecule has 1 nitrogen and oxygen atoms in total. The molecule has 0 bridgehead atoms. The average molecular weight is 229 g/mol. The van der Waals surface area contributed by atoms with Crippen LogP contribution in [0.25, 0.3) is 0 Å². The normalized spacial score (nSPS) is 21.8. The van der Waals surface area contributed by atoms with Crippen LogP contribution in [0.4, 0.5) is 0 Å². The van der Waals surface area contributed by atoms with E-state index in [1.807, 2.05) is 11.8 Å². The van der Waals surface area contributed by atoms with Gasteiger partial charge in [0.2, 0.25) is 0 Å². The molecular formula is C13H27NS. The third-order valence-electron chi connectivity index (χ3n) is 3.55. The first kappa shape index (κ1) is 13.4. The average Bonchev–Trinajstić information content (AvgIpc) is 2.20. The highest BCUT2D eigenvalue weighted by molar-refractivity contribution is 7.98. The summed E-state index contributed by atoms with van der Waals surface area (Å²) in [5.74, 6) is 1.32. The summed E-state index contributed by atoms with van der Waals surface area (Å²) in [5, 5.41) is 3.71. The fourth-order valence-corrected chi connectivity index (χ4v) is 2.77. The first-order valence-corrected chi connectivity index (χ1v) is 7.76. The molecule has 0 heterocycles. The van der Waals surface area contributed by atoms with Crippen molar-refractivity contribution >= 4 is 11.8 Å². The Morgan fingerprint density at radius 2 is 1.87 bits per heavy atom. The summed E-state index contributed by atoms with van der Waals surface area (Å²) in [6, 6.07) is 0.812. The molecule has 0 spiro atoms. The van der Waals surface area contributed by atoms with Crippen LogP contribution in [0.5, 0.6) is 0 Å². The molecule has 0 saturated heterocycles. The Balaban J connectivity index is 1.99. The monoisotopic (exact) mass is 229 g/mol. The molecule has 0 aromatic carbocycles. The summed E-state index contributed by atoms with van der Waals surface area (Å²) in [6.07, 6.45) is 10.5. The van der Waals surface area contributed by atoms with E-state index in [0.717, 1.165) is 6.04 Å². The van der Waals surface area contributed by atoms with Crippen LogP contribution in [-0.4, -0.2) is 24.6 Å². The molecule has 0 aromatic heterocycles. The SMILES string of the molecule is CSCCCCNC1CCC(C)(C)CC1. The fraction of sp³-hybridized carbons (Fsp3) is 1.00. The van der Waals surface area contributed by atoms with E-state index in [1.54, 1.807) is 0 Å². The Kier molecular flexibility index (Phi) is 6.06. The van der Waals surface area contributed by atoms with Gasteiger partial charge in [0.05, 0.1) is 0 Å². The molecule has 1 rings (SSSR count). The third kappa shape index (κ3) is 5.82. The van der Waals surface area contributed by atoms with E-state index in [4.69, 9.17) is 0 Å². The molecular weight excluding hydrogens is 202 g/mol. The van der Waals surface area contributed by atoms with Gasteiger partial charge in [-0.15, -0.1) is 0 Å². The minimum absolute atomic E-state index is 0.608. The van der Waals surface area contributed by atoms with Crippen LogP contribution in [0.15, 0.2) is 0 Å². The zero-order chi connectivity index (χ0) is 11.1. The van der Waals surface area contributed by atoms with Crippen LogP contribution in [0.2, 0.25) is 0 Å². The van der Waals surface area contributed by atoms with Crippen LogP contribution in [0.3, 0.4) is 0 Å². The molecule has 0 aliphatic heterocycles. The molecule has 0 aromatic rings. The van der Waals surface area contributed by atoms with Gasteiger partial charge in [-0.1, -0.05) is 13.8 Å². The van der Waals surface area contributed by atoms with Crippen molar-refractivity contribution in [3.05, 3.63) is 0 Å². The predicted octanol–water partition coefficient (Wildman–Crippen LogP) is 3.69. The van der Waals surface area contributed by atoms with Gasteiger partial charge in [-0.2, -0.15) is 11.8 Å². The molecule has 0 atom stereocenters. The number of nitrogens with one attached hydrogen (secondary N) is 1. The molecule has 2 heteroatoms. The molecule has 0 radical (unpaired) electrons. The van der Waals surface area contributed by atoms with Crippen LogP contribution in [0.1, 0.15) is 52.4 Å². The van der Waals surface area contributed by atoms with E-state index in [0.29, 0.717) is 5.41 Å². The summed E-state index contributed by atoms with van der Waals surface area (Å²) in [7, 11) is 0. The lowest BCUT2D eigenvalue weighted by atomic mass is 9.75. The highest BCUT2D eigenvalue weighted by Crippen LogP contribution is 2.34. The van der Waals surface area contributed by atoms with Crippen molar-refractivity contribution in [3.63, 3.8) is 0 Å². The Bertz CT molecular complexity index is 158. The highest BCUT2D eigenvalue weighted by Gasteiger charge is 2.25. The van der Waals surface area contributed by atoms with Gasteiger partial charge in [0.15, 0.2) is 0 Å². The zero-order valence-corrected chi connectivity index (χ0v) is 11.5. The lowest BCUT2D eigenvalue weighted by molar-refractivity contribution is 0.206. The first-order valence-electron chi connectivity index (χ1n) is 6.36. The number of unbranched alkanes of at least 4 members (excludes halogenated alkanes) is 1. The van der Waals surface area contributed by atoms with Crippen molar-refractivity contribution in [1.29, 1.82) is 0 Å². The van der Waals surface area contributed by atoms with Crippen molar-refractivity contribution in [2.24, 2.45) is 5.41 Å². The molecule has 0 unspecified atom stereocenters. The molecule has 1 aliphatic rings. The second kappa shape index (κ2) is 6.80. The molecule has 0 amide bonds. The molecule has 15 heavy (non-hydrogen) atoms. The largest absolute Gasteiger partial charge is 0.314 e. The standard InChI is InChI=1S/C13H27NS/c1-13(2)8-6-12(7-9-13)14-10-4-5-11-15-3/h12,14H,4-11H2,1-3H3. The van der Waals surface area contributed by atoms with Crippen molar-refractivity contribution in [2.75, 3.05) is 18.6 Å². The molecule has 1 aliphatic carbocycles. The van der Waals surface area contributed by atoms with Crippen LogP contribution >= 0.6 is 11.8 Å². The second-order valence-corrected chi connectivity index (χ2v) is 6.58. The molecule has 1 fully saturated rings. The van der Waals surface area contributed by atoms with E-state index in [2.05, 4.69) is 25.4 Å². The molecule has 90 valence electrons. The number of hydrogen-bond acceptors (Lipinski definition) is 2. The van der Waals surface area contributed by atoms with Gasteiger partial charge in [0.25, 0.3) is 0 Å². The van der Waals surface area contributed by atoms with Crippen LogP contribution < -0.4 is 5.32 Å². The second-order valence-electron chi connectivity index (χ2n) is 5.59. The summed E-state index contributed by atoms with van der Waals surface area (Å²) in [6.45, 7) is 6.04. The smallest absolute Gasteiger partial charge is 0.00674 e. The first-order chi connectivity index (χ1) is 7.14. The maximum absolute atomic E-state index is 3.71. The van der Waals surface area contributed by atoms with Gasteiger partial charge in [0, 0.05) is 6.04 Å². The molecule has 1 N–H and O–H groups in total. The zero-order valence-electron chi connectivity index (χ0n) is 10.6. The van der Waals surface area contributed by atoms with Gasteiger partial charge in [-0.25, -0.2) is 0 Å². The Hall–Kier alpha value is 0.310. The summed E-state index contributed by atoms with van der Waals surface area (Å²) in [5.41, 5.74) is 0.608. The summed E-state index contributed by atoms with van der Waals surface area (Å²) < 4.78 is 0. The van der Waals surface area contributed by atoms with E-state index in [1.165, 1.54) is 50.8 Å². The van der Waals surface area contributed by atoms with Crippen molar-refractivity contribution < 1.29 is 0 Å². The van der Waals surface area contributed by atoms with Crippen LogP contribution in [-0.2, 0) is 0 Å². The Morgan fingerprint density at radius 3 is 2.47 bits per heavy atom. The van der Waals surface area contributed by atoms with Gasteiger partial charge >= 0.3 is 0 Å². The highest BCUT2D eigenvalue weighted by atomic mass is 32.2. The quantitative estimate of drug-likeness (QED) is 0.697. The maximum Gasteiger partial charge on any atom is 0.00674 e. The van der Waals surface area contributed by atoms with Crippen molar-refractivity contribution in [2.45, 2.75) is 58.4 Å². The molecule has 1 saturated carbocycles. The lowest BCUT2D eigenvalue weighted by Gasteiger charge is -2.34. The van der Waals surface area contributed by atoms with Crippen molar-refractivity contribution in [1.82, 2.24) is 5.32 Å². The number of hydrogen-bond donors (Lipinski definition) is 1. The van der Waals surface area contributed by atoms with E-state index in [-0.39, 0.29) is 0 Å². The van der Waals surface area contributed by atoms with E-state index in [9.17, 15) is 0 Å². The van der Waals surface area contributed by atoms with Crippen molar-refractivity contribution in [3.8, 4) is 0 Å². The topological polar surface area (TPSA) is 12.0 Å². The van der Waals surface area contributed by atoms with E-state index < -0.39 is 0 Å². The fourth-order valence-electron chi connectivity index (χ4n) is 2.28. The van der Waals surface area contributed by atoms with Gasteiger partial charge in [-0.3, -0.25) is 0 Å². The predicted molar refractivity (Wildman–Crippen MR) is 71.7 cm³/mol. The number of thioether (sulfide) groups is 1. The number of rotatable bonds is 6. The van der Waals surface area contributed by atoms with Crippen LogP contribution in [0, 0.1) is 5.41 Å².